The highest BCUT2D eigenvalue weighted by molar-refractivity contribution is 8.13. The van der Waals surface area contributed by atoms with Gasteiger partial charge in [-0.2, -0.15) is 0 Å². The van der Waals surface area contributed by atoms with E-state index in [0.717, 1.165) is 16.3 Å². The highest BCUT2D eigenvalue weighted by atomic mass is 35.7. The van der Waals surface area contributed by atoms with Crippen LogP contribution in [0.1, 0.15) is 10.9 Å². The molecule has 90 valence electrons. The van der Waals surface area contributed by atoms with Crippen molar-refractivity contribution in [1.82, 2.24) is 0 Å². The minimum atomic E-state index is -3.58. The molecule has 0 saturated carbocycles. The Kier molecular flexibility index (Phi) is 3.61. The summed E-state index contributed by atoms with van der Waals surface area (Å²) in [5.41, 5.74) is 0.759. The van der Waals surface area contributed by atoms with Crippen LogP contribution in [0.4, 0.5) is 0 Å². The van der Waals surface area contributed by atoms with Gasteiger partial charge in [0.15, 0.2) is 0 Å². The molecule has 0 fully saturated rings. The van der Waals surface area contributed by atoms with Crippen LogP contribution in [0.3, 0.4) is 0 Å². The number of alkyl halides is 1. The Bertz CT molecular complexity index is 638. The van der Waals surface area contributed by atoms with E-state index in [-0.39, 0.29) is 5.75 Å². The van der Waals surface area contributed by atoms with E-state index in [1.54, 1.807) is 0 Å². The summed E-state index contributed by atoms with van der Waals surface area (Å²) in [6.07, 6.45) is 0. The van der Waals surface area contributed by atoms with Gasteiger partial charge in [-0.1, -0.05) is 36.4 Å². The van der Waals surface area contributed by atoms with Crippen molar-refractivity contribution in [2.45, 2.75) is 5.38 Å². The first-order chi connectivity index (χ1) is 7.96. The van der Waals surface area contributed by atoms with Crippen molar-refractivity contribution >= 4 is 42.1 Å². The fourth-order valence-corrected chi connectivity index (χ4v) is 3.42. The molecule has 1 atom stereocenters. The number of hydrogen-bond acceptors (Lipinski definition) is 2. The summed E-state index contributed by atoms with van der Waals surface area (Å²) in [5, 5.41) is 1.50. The van der Waals surface area contributed by atoms with Gasteiger partial charge >= 0.3 is 0 Å². The van der Waals surface area contributed by atoms with Crippen LogP contribution in [0, 0.1) is 0 Å². The summed E-state index contributed by atoms with van der Waals surface area (Å²) in [6, 6.07) is 13.4. The molecule has 0 radical (unpaired) electrons. The molecule has 0 saturated heterocycles. The lowest BCUT2D eigenvalue weighted by Gasteiger charge is -2.08. The zero-order chi connectivity index (χ0) is 12.5. The van der Waals surface area contributed by atoms with Crippen molar-refractivity contribution < 1.29 is 8.42 Å². The van der Waals surface area contributed by atoms with Gasteiger partial charge in [-0.15, -0.1) is 11.6 Å². The van der Waals surface area contributed by atoms with E-state index >= 15 is 0 Å². The van der Waals surface area contributed by atoms with Crippen molar-refractivity contribution in [3.8, 4) is 0 Å². The Labute approximate surface area is 110 Å². The Morgan fingerprint density at radius 2 is 1.71 bits per heavy atom. The molecule has 0 aliphatic carbocycles. The second kappa shape index (κ2) is 4.84. The number of rotatable bonds is 3. The third-order valence-electron chi connectivity index (χ3n) is 2.48. The van der Waals surface area contributed by atoms with Gasteiger partial charge in [0.05, 0.1) is 11.1 Å². The van der Waals surface area contributed by atoms with E-state index < -0.39 is 14.4 Å². The minimum Gasteiger partial charge on any atom is -0.212 e. The highest BCUT2D eigenvalue weighted by Gasteiger charge is 2.16. The maximum Gasteiger partial charge on any atom is 0.234 e. The lowest BCUT2D eigenvalue weighted by molar-refractivity contribution is 0.608. The van der Waals surface area contributed by atoms with Crippen molar-refractivity contribution in [3.63, 3.8) is 0 Å². The molecule has 2 aromatic carbocycles. The average molecular weight is 289 g/mol. The van der Waals surface area contributed by atoms with Gasteiger partial charge in [0, 0.05) is 10.7 Å². The molecule has 17 heavy (non-hydrogen) atoms. The third-order valence-corrected chi connectivity index (χ3v) is 4.18. The van der Waals surface area contributed by atoms with Crippen LogP contribution < -0.4 is 0 Å². The normalized spacial score (nSPS) is 13.8. The average Bonchev–Trinajstić information content (AvgIpc) is 2.26. The standard InChI is InChI=1S/C12H10Cl2O2S/c13-12(8-17(14,15)16)11-6-5-9-3-1-2-4-10(9)7-11/h1-7,12H,8H2. The van der Waals surface area contributed by atoms with Crippen LogP contribution in [0.25, 0.3) is 10.8 Å². The quantitative estimate of drug-likeness (QED) is 0.638. The van der Waals surface area contributed by atoms with Crippen LogP contribution >= 0.6 is 22.3 Å². The van der Waals surface area contributed by atoms with Crippen LogP contribution in [-0.4, -0.2) is 14.2 Å². The molecule has 0 spiro atoms. The molecule has 1 unspecified atom stereocenters. The largest absolute Gasteiger partial charge is 0.234 e. The van der Waals surface area contributed by atoms with Crippen LogP contribution in [-0.2, 0) is 9.05 Å². The first-order valence-electron chi connectivity index (χ1n) is 5.01. The van der Waals surface area contributed by atoms with Gasteiger partial charge < -0.3 is 0 Å². The predicted molar refractivity (Wildman–Crippen MR) is 72.2 cm³/mol. The predicted octanol–water partition coefficient (Wildman–Crippen LogP) is 3.69. The van der Waals surface area contributed by atoms with Gasteiger partial charge in [-0.3, -0.25) is 0 Å². The fourth-order valence-electron chi connectivity index (χ4n) is 1.67. The van der Waals surface area contributed by atoms with E-state index in [0.29, 0.717) is 0 Å². The van der Waals surface area contributed by atoms with Crippen LogP contribution in [0.5, 0.6) is 0 Å². The Morgan fingerprint density at radius 3 is 2.35 bits per heavy atom. The SMILES string of the molecule is O=S(=O)(Cl)CC(Cl)c1ccc2ccccc2c1. The minimum absolute atomic E-state index is 0.269. The van der Waals surface area contributed by atoms with Gasteiger partial charge in [0.2, 0.25) is 9.05 Å². The molecule has 0 N–H and O–H groups in total. The lowest BCUT2D eigenvalue weighted by atomic mass is 10.1. The van der Waals surface area contributed by atoms with E-state index in [9.17, 15) is 8.42 Å². The summed E-state index contributed by atoms with van der Waals surface area (Å²) in [6.45, 7) is 0. The first kappa shape index (κ1) is 12.7. The van der Waals surface area contributed by atoms with Crippen molar-refractivity contribution in [2.24, 2.45) is 0 Å². The molecule has 2 nitrogen and oxygen atoms in total. The topological polar surface area (TPSA) is 34.1 Å². The maximum atomic E-state index is 11.0. The maximum absolute atomic E-state index is 11.0. The van der Waals surface area contributed by atoms with Gasteiger partial charge in [-0.05, 0) is 22.4 Å². The smallest absolute Gasteiger partial charge is 0.212 e. The molecule has 2 rings (SSSR count). The van der Waals surface area contributed by atoms with Gasteiger partial charge in [0.25, 0.3) is 0 Å². The second-order valence-corrected chi connectivity index (χ2v) is 7.13. The molecular formula is C12H10Cl2O2S. The second-order valence-electron chi connectivity index (χ2n) is 3.78. The zero-order valence-electron chi connectivity index (χ0n) is 8.81. The summed E-state index contributed by atoms with van der Waals surface area (Å²) in [7, 11) is 1.60. The van der Waals surface area contributed by atoms with E-state index in [1.807, 2.05) is 42.5 Å². The number of benzene rings is 2. The molecule has 0 aromatic heterocycles. The van der Waals surface area contributed by atoms with E-state index in [1.165, 1.54) is 0 Å². The van der Waals surface area contributed by atoms with Crippen LogP contribution in [0.15, 0.2) is 42.5 Å². The highest BCUT2D eigenvalue weighted by Crippen LogP contribution is 2.26. The molecule has 5 heteroatoms. The van der Waals surface area contributed by atoms with Crippen molar-refractivity contribution in [1.29, 1.82) is 0 Å². The van der Waals surface area contributed by atoms with Crippen molar-refractivity contribution in [2.75, 3.05) is 5.75 Å². The lowest BCUT2D eigenvalue weighted by Crippen LogP contribution is -2.04. The van der Waals surface area contributed by atoms with Crippen molar-refractivity contribution in [3.05, 3.63) is 48.0 Å². The Morgan fingerprint density at radius 1 is 1.06 bits per heavy atom. The summed E-state index contributed by atoms with van der Waals surface area (Å²) in [4.78, 5) is 0. The molecule has 2 aromatic rings. The summed E-state index contributed by atoms with van der Waals surface area (Å²) in [5.74, 6) is -0.269. The molecule has 0 heterocycles. The number of fused-ring (bicyclic) bond motifs is 1. The van der Waals surface area contributed by atoms with E-state index in [2.05, 4.69) is 0 Å². The monoisotopic (exact) mass is 288 g/mol. The summed E-state index contributed by atoms with van der Waals surface area (Å²) >= 11 is 6.03. The number of halogens is 2. The van der Waals surface area contributed by atoms with Gasteiger partial charge in [0.1, 0.15) is 0 Å². The van der Waals surface area contributed by atoms with Gasteiger partial charge in [-0.25, -0.2) is 8.42 Å². The van der Waals surface area contributed by atoms with E-state index in [4.69, 9.17) is 22.3 Å². The molecule has 0 amide bonds. The first-order valence-corrected chi connectivity index (χ1v) is 7.92. The Hall–Kier alpha value is -0.770. The molecular weight excluding hydrogens is 279 g/mol. The number of hydrogen-bond donors (Lipinski definition) is 0. The Balaban J connectivity index is 2.36. The third kappa shape index (κ3) is 3.35. The van der Waals surface area contributed by atoms with Crippen LogP contribution in [0.2, 0.25) is 0 Å². The molecule has 0 aliphatic rings. The fraction of sp³-hybridized carbons (Fsp3) is 0.167. The molecule has 0 aliphatic heterocycles. The zero-order valence-corrected chi connectivity index (χ0v) is 11.1. The molecule has 0 bridgehead atoms. The summed E-state index contributed by atoms with van der Waals surface area (Å²) < 4.78 is 21.9.